The number of anilines is 2. The van der Waals surface area contributed by atoms with Gasteiger partial charge in [-0.25, -0.2) is 4.79 Å². The fraction of sp³-hybridized carbons (Fsp3) is 0.467. The monoisotopic (exact) mass is 306 g/mol. The second kappa shape index (κ2) is 8.35. The third-order valence-corrected chi connectivity index (χ3v) is 3.28. The highest BCUT2D eigenvalue weighted by Gasteiger charge is 2.10. The summed E-state index contributed by atoms with van der Waals surface area (Å²) >= 11 is 0. The van der Waals surface area contributed by atoms with Gasteiger partial charge in [-0.1, -0.05) is 0 Å². The molecule has 3 amide bonds. The fourth-order valence-electron chi connectivity index (χ4n) is 2.17. The Balaban J connectivity index is 1.68. The molecule has 1 aromatic rings. The van der Waals surface area contributed by atoms with Crippen molar-refractivity contribution in [3.8, 4) is 0 Å². The number of hydrogen-bond donors (Lipinski definition) is 3. The van der Waals surface area contributed by atoms with Gasteiger partial charge in [-0.2, -0.15) is 0 Å². The van der Waals surface area contributed by atoms with Crippen LogP contribution in [0.2, 0.25) is 0 Å². The molecule has 0 unspecified atom stereocenters. The van der Waals surface area contributed by atoms with Crippen molar-refractivity contribution in [3.63, 3.8) is 0 Å². The average Bonchev–Trinajstić information content (AvgIpc) is 2.50. The quantitative estimate of drug-likeness (QED) is 0.761. The number of carbonyl (C=O) groups is 2. The minimum atomic E-state index is -0.236. The van der Waals surface area contributed by atoms with Gasteiger partial charge < -0.3 is 20.7 Å². The second-order valence-electron chi connectivity index (χ2n) is 5.09. The fourth-order valence-corrected chi connectivity index (χ4v) is 2.17. The first kappa shape index (κ1) is 16.3. The molecule has 1 aliphatic heterocycles. The number of nitrogens with zero attached hydrogens (tertiary/aromatic N) is 1. The van der Waals surface area contributed by atoms with Gasteiger partial charge in [0.1, 0.15) is 0 Å². The van der Waals surface area contributed by atoms with Crippen LogP contribution in [0.15, 0.2) is 24.3 Å². The molecule has 3 N–H and O–H groups in total. The first-order valence-electron chi connectivity index (χ1n) is 7.36. The number of ether oxygens (including phenoxy) is 1. The van der Waals surface area contributed by atoms with E-state index in [1.54, 1.807) is 24.3 Å². The molecule has 0 aliphatic carbocycles. The maximum atomic E-state index is 11.8. The van der Waals surface area contributed by atoms with Gasteiger partial charge in [-0.15, -0.1) is 0 Å². The summed E-state index contributed by atoms with van der Waals surface area (Å²) in [5, 5.41) is 8.25. The van der Waals surface area contributed by atoms with Crippen molar-refractivity contribution in [3.05, 3.63) is 24.3 Å². The van der Waals surface area contributed by atoms with Gasteiger partial charge >= 0.3 is 6.03 Å². The van der Waals surface area contributed by atoms with Crippen LogP contribution >= 0.6 is 0 Å². The molecule has 22 heavy (non-hydrogen) atoms. The number of amides is 3. The van der Waals surface area contributed by atoms with Crippen molar-refractivity contribution in [1.82, 2.24) is 10.2 Å². The molecule has 120 valence electrons. The van der Waals surface area contributed by atoms with E-state index in [4.69, 9.17) is 4.74 Å². The summed E-state index contributed by atoms with van der Waals surface area (Å²) in [5.74, 6) is -0.124. The highest BCUT2D eigenvalue weighted by molar-refractivity contribution is 5.91. The normalized spacial score (nSPS) is 15.1. The Morgan fingerprint density at radius 1 is 1.09 bits per heavy atom. The molecule has 1 aliphatic rings. The van der Waals surface area contributed by atoms with E-state index >= 15 is 0 Å². The predicted octanol–water partition coefficient (Wildman–Crippen LogP) is 1.10. The largest absolute Gasteiger partial charge is 0.379 e. The predicted molar refractivity (Wildman–Crippen MR) is 85.0 cm³/mol. The zero-order valence-corrected chi connectivity index (χ0v) is 12.7. The third kappa shape index (κ3) is 5.71. The van der Waals surface area contributed by atoms with Gasteiger partial charge in [0.15, 0.2) is 0 Å². The van der Waals surface area contributed by atoms with Crippen LogP contribution in [0.5, 0.6) is 0 Å². The molecular formula is C15H22N4O3. The van der Waals surface area contributed by atoms with Crippen LogP contribution in [0.3, 0.4) is 0 Å². The highest BCUT2D eigenvalue weighted by atomic mass is 16.5. The number of carbonyl (C=O) groups excluding carboxylic acids is 2. The molecular weight excluding hydrogens is 284 g/mol. The summed E-state index contributed by atoms with van der Waals surface area (Å²) in [6.45, 7) is 6.20. The smallest absolute Gasteiger partial charge is 0.319 e. The van der Waals surface area contributed by atoms with Gasteiger partial charge in [0.2, 0.25) is 5.91 Å². The summed E-state index contributed by atoms with van der Waals surface area (Å²) in [4.78, 5) is 25.0. The molecule has 1 heterocycles. The number of urea groups is 1. The minimum Gasteiger partial charge on any atom is -0.379 e. The molecule has 0 spiro atoms. The van der Waals surface area contributed by atoms with E-state index in [1.165, 1.54) is 6.92 Å². The van der Waals surface area contributed by atoms with E-state index in [-0.39, 0.29) is 11.9 Å². The van der Waals surface area contributed by atoms with Crippen LogP contribution in [0.4, 0.5) is 16.2 Å². The van der Waals surface area contributed by atoms with Crippen LogP contribution in [0.1, 0.15) is 6.92 Å². The highest BCUT2D eigenvalue weighted by Crippen LogP contribution is 2.13. The van der Waals surface area contributed by atoms with E-state index in [0.29, 0.717) is 17.9 Å². The van der Waals surface area contributed by atoms with Crippen molar-refractivity contribution < 1.29 is 14.3 Å². The van der Waals surface area contributed by atoms with E-state index in [2.05, 4.69) is 20.9 Å². The standard InChI is InChI=1S/C15H22N4O3/c1-12(20)17-13-2-4-14(5-3-13)18-15(21)16-6-7-19-8-10-22-11-9-19/h2-5H,6-11H2,1H3,(H,17,20)(H2,16,18,21). The molecule has 7 heteroatoms. The maximum absolute atomic E-state index is 11.8. The number of nitrogens with one attached hydrogen (secondary N) is 3. The first-order chi connectivity index (χ1) is 10.6. The van der Waals surface area contributed by atoms with Crippen LogP contribution in [0.25, 0.3) is 0 Å². The number of hydrogen-bond acceptors (Lipinski definition) is 4. The molecule has 1 fully saturated rings. The number of benzene rings is 1. The lowest BCUT2D eigenvalue weighted by Crippen LogP contribution is -2.42. The van der Waals surface area contributed by atoms with Crippen molar-refractivity contribution >= 4 is 23.3 Å². The number of morpholine rings is 1. The van der Waals surface area contributed by atoms with Gasteiger partial charge in [0.05, 0.1) is 13.2 Å². The minimum absolute atomic E-state index is 0.124. The van der Waals surface area contributed by atoms with Gasteiger partial charge in [0.25, 0.3) is 0 Å². The van der Waals surface area contributed by atoms with Crippen LogP contribution in [-0.2, 0) is 9.53 Å². The lowest BCUT2D eigenvalue weighted by molar-refractivity contribution is -0.114. The van der Waals surface area contributed by atoms with E-state index in [1.807, 2.05) is 0 Å². The molecule has 7 nitrogen and oxygen atoms in total. The van der Waals surface area contributed by atoms with E-state index in [0.717, 1.165) is 32.8 Å². The van der Waals surface area contributed by atoms with Crippen LogP contribution in [-0.4, -0.2) is 56.2 Å². The molecule has 0 radical (unpaired) electrons. The topological polar surface area (TPSA) is 82.7 Å². The summed E-state index contributed by atoms with van der Waals surface area (Å²) < 4.78 is 5.27. The van der Waals surface area contributed by atoms with Crippen molar-refractivity contribution in [2.45, 2.75) is 6.92 Å². The molecule has 0 atom stereocenters. The van der Waals surface area contributed by atoms with Crippen LogP contribution < -0.4 is 16.0 Å². The van der Waals surface area contributed by atoms with Crippen molar-refractivity contribution in [2.24, 2.45) is 0 Å². The molecule has 2 rings (SSSR count). The molecule has 0 saturated carbocycles. The average molecular weight is 306 g/mol. The zero-order chi connectivity index (χ0) is 15.8. The number of rotatable bonds is 5. The molecule has 1 aromatic carbocycles. The Morgan fingerprint density at radius 2 is 1.68 bits per heavy atom. The first-order valence-corrected chi connectivity index (χ1v) is 7.36. The summed E-state index contributed by atoms with van der Waals surface area (Å²) in [6, 6.07) is 6.73. The second-order valence-corrected chi connectivity index (χ2v) is 5.09. The van der Waals surface area contributed by atoms with Gasteiger partial charge in [0, 0.05) is 44.5 Å². The van der Waals surface area contributed by atoms with Crippen molar-refractivity contribution in [1.29, 1.82) is 0 Å². The third-order valence-electron chi connectivity index (χ3n) is 3.28. The lowest BCUT2D eigenvalue weighted by Gasteiger charge is -2.26. The lowest BCUT2D eigenvalue weighted by atomic mass is 10.3. The summed E-state index contributed by atoms with van der Waals surface area (Å²) in [6.07, 6.45) is 0. The maximum Gasteiger partial charge on any atom is 0.319 e. The Morgan fingerprint density at radius 3 is 2.27 bits per heavy atom. The SMILES string of the molecule is CC(=O)Nc1ccc(NC(=O)NCCN2CCOCC2)cc1. The molecule has 0 aromatic heterocycles. The van der Waals surface area contributed by atoms with E-state index < -0.39 is 0 Å². The van der Waals surface area contributed by atoms with Crippen LogP contribution in [0, 0.1) is 0 Å². The molecule has 1 saturated heterocycles. The van der Waals surface area contributed by atoms with E-state index in [9.17, 15) is 9.59 Å². The zero-order valence-electron chi connectivity index (χ0n) is 12.7. The van der Waals surface area contributed by atoms with Gasteiger partial charge in [-0.3, -0.25) is 9.69 Å². The Bertz CT molecular complexity index is 498. The summed E-state index contributed by atoms with van der Waals surface area (Å²) in [5.41, 5.74) is 1.38. The molecule has 0 bridgehead atoms. The Labute approximate surface area is 130 Å². The Hall–Kier alpha value is -2.12. The van der Waals surface area contributed by atoms with Gasteiger partial charge in [-0.05, 0) is 24.3 Å². The summed E-state index contributed by atoms with van der Waals surface area (Å²) in [7, 11) is 0. The Kier molecular flexibility index (Phi) is 6.17. The van der Waals surface area contributed by atoms with Crippen molar-refractivity contribution in [2.75, 3.05) is 50.0 Å².